The molecule has 13 heavy (non-hydrogen) atoms. The van der Waals surface area contributed by atoms with E-state index < -0.39 is 0 Å². The van der Waals surface area contributed by atoms with Crippen LogP contribution in [-0.4, -0.2) is 19.6 Å². The number of carbonyl (C=O) groups is 1. The predicted octanol–water partition coefficient (Wildman–Crippen LogP) is 1.12. The summed E-state index contributed by atoms with van der Waals surface area (Å²) >= 11 is 0. The Morgan fingerprint density at radius 2 is 2.15 bits per heavy atom. The molecule has 0 spiro atoms. The van der Waals surface area contributed by atoms with Gasteiger partial charge in [-0.1, -0.05) is 18.2 Å². The van der Waals surface area contributed by atoms with Crippen molar-refractivity contribution in [1.29, 1.82) is 0 Å². The molecule has 0 aromatic heterocycles. The Hall–Kier alpha value is -1.51. The molecule has 0 fully saturated rings. The molecule has 3 heteroatoms. The summed E-state index contributed by atoms with van der Waals surface area (Å²) in [4.78, 5) is 10.9. The number of aryl methyl sites for hydroxylation is 1. The first-order valence-electron chi connectivity index (χ1n) is 4.13. The average molecular weight is 179 g/mol. The summed E-state index contributed by atoms with van der Waals surface area (Å²) in [6.07, 6.45) is 0. The van der Waals surface area contributed by atoms with Gasteiger partial charge in [-0.3, -0.25) is 4.79 Å². The van der Waals surface area contributed by atoms with Crippen LogP contribution in [0.2, 0.25) is 0 Å². The number of hydrogen-bond donors (Lipinski definition) is 1. The summed E-state index contributed by atoms with van der Waals surface area (Å²) in [6.45, 7) is 2.01. The van der Waals surface area contributed by atoms with E-state index in [1.165, 1.54) is 0 Å². The third-order valence-electron chi connectivity index (χ3n) is 1.73. The van der Waals surface area contributed by atoms with Crippen molar-refractivity contribution in [2.75, 3.05) is 13.7 Å². The van der Waals surface area contributed by atoms with Crippen LogP contribution in [0, 0.1) is 6.92 Å². The van der Waals surface area contributed by atoms with Gasteiger partial charge in [0, 0.05) is 7.05 Å². The second-order valence-electron chi connectivity index (χ2n) is 2.73. The van der Waals surface area contributed by atoms with Gasteiger partial charge in [-0.15, -0.1) is 0 Å². The summed E-state index contributed by atoms with van der Waals surface area (Å²) in [5.41, 5.74) is 1.03. The number of amides is 1. The minimum atomic E-state index is -0.122. The van der Waals surface area contributed by atoms with E-state index in [4.69, 9.17) is 4.74 Å². The van der Waals surface area contributed by atoms with Gasteiger partial charge in [-0.25, -0.2) is 0 Å². The van der Waals surface area contributed by atoms with Crippen LogP contribution in [0.4, 0.5) is 0 Å². The Bertz CT molecular complexity index is 297. The van der Waals surface area contributed by atoms with E-state index in [1.807, 2.05) is 31.2 Å². The summed E-state index contributed by atoms with van der Waals surface area (Å²) in [7, 11) is 1.59. The van der Waals surface area contributed by atoms with Crippen molar-refractivity contribution in [3.63, 3.8) is 0 Å². The Balaban J connectivity index is 2.54. The molecule has 0 atom stereocenters. The maximum atomic E-state index is 10.9. The molecule has 0 unspecified atom stereocenters. The van der Waals surface area contributed by atoms with E-state index in [2.05, 4.69) is 5.32 Å². The van der Waals surface area contributed by atoms with Crippen molar-refractivity contribution >= 4 is 5.91 Å². The standard InChI is InChI=1S/C10H13NO2/c1-8-5-3-4-6-9(8)13-7-10(12)11-2/h3-6H,7H2,1-2H3,(H,11,12). The van der Waals surface area contributed by atoms with Crippen LogP contribution < -0.4 is 10.1 Å². The zero-order chi connectivity index (χ0) is 9.68. The molecule has 1 amide bonds. The van der Waals surface area contributed by atoms with E-state index >= 15 is 0 Å². The molecule has 0 aliphatic carbocycles. The molecular formula is C10H13NO2. The van der Waals surface area contributed by atoms with Crippen LogP contribution in [0.3, 0.4) is 0 Å². The van der Waals surface area contributed by atoms with Gasteiger partial charge in [0.2, 0.25) is 0 Å². The highest BCUT2D eigenvalue weighted by Crippen LogP contribution is 2.15. The summed E-state index contributed by atoms with van der Waals surface area (Å²) in [5.74, 6) is 0.634. The van der Waals surface area contributed by atoms with Crippen molar-refractivity contribution < 1.29 is 9.53 Å². The van der Waals surface area contributed by atoms with Gasteiger partial charge in [0.05, 0.1) is 0 Å². The molecule has 1 aromatic rings. The maximum absolute atomic E-state index is 10.9. The van der Waals surface area contributed by atoms with E-state index in [0.717, 1.165) is 11.3 Å². The summed E-state index contributed by atoms with van der Waals surface area (Å²) in [6, 6.07) is 7.60. The number of ether oxygens (including phenoxy) is 1. The van der Waals surface area contributed by atoms with Gasteiger partial charge in [-0.05, 0) is 18.6 Å². The smallest absolute Gasteiger partial charge is 0.257 e. The number of likely N-dealkylation sites (N-methyl/N-ethyl adjacent to an activating group) is 1. The fourth-order valence-electron chi connectivity index (χ4n) is 0.934. The van der Waals surface area contributed by atoms with Gasteiger partial charge in [0.1, 0.15) is 5.75 Å². The molecule has 0 aliphatic rings. The van der Waals surface area contributed by atoms with Crippen LogP contribution in [0.5, 0.6) is 5.75 Å². The lowest BCUT2D eigenvalue weighted by molar-refractivity contribution is -0.122. The highest BCUT2D eigenvalue weighted by Gasteiger charge is 2.00. The van der Waals surface area contributed by atoms with E-state index in [-0.39, 0.29) is 12.5 Å². The zero-order valence-electron chi connectivity index (χ0n) is 7.83. The van der Waals surface area contributed by atoms with Crippen molar-refractivity contribution in [2.45, 2.75) is 6.92 Å². The molecule has 0 radical (unpaired) electrons. The molecule has 0 aliphatic heterocycles. The largest absolute Gasteiger partial charge is 0.484 e. The average Bonchev–Trinajstić information content (AvgIpc) is 2.16. The molecule has 1 N–H and O–H groups in total. The van der Waals surface area contributed by atoms with Crippen LogP contribution in [-0.2, 0) is 4.79 Å². The molecule has 0 bridgehead atoms. The first-order valence-corrected chi connectivity index (χ1v) is 4.13. The topological polar surface area (TPSA) is 38.3 Å². The van der Waals surface area contributed by atoms with Crippen molar-refractivity contribution in [1.82, 2.24) is 5.32 Å². The van der Waals surface area contributed by atoms with Gasteiger partial charge >= 0.3 is 0 Å². The number of rotatable bonds is 3. The lowest BCUT2D eigenvalue weighted by Gasteiger charge is -2.06. The number of benzene rings is 1. The Kier molecular flexibility index (Phi) is 3.31. The van der Waals surface area contributed by atoms with Gasteiger partial charge in [-0.2, -0.15) is 0 Å². The summed E-state index contributed by atoms with van der Waals surface area (Å²) < 4.78 is 5.28. The van der Waals surface area contributed by atoms with Gasteiger partial charge < -0.3 is 10.1 Å². The molecule has 1 aromatic carbocycles. The third-order valence-corrected chi connectivity index (χ3v) is 1.73. The Labute approximate surface area is 77.7 Å². The van der Waals surface area contributed by atoms with Crippen LogP contribution >= 0.6 is 0 Å². The molecule has 0 heterocycles. The van der Waals surface area contributed by atoms with Crippen molar-refractivity contribution in [3.05, 3.63) is 29.8 Å². The fourth-order valence-corrected chi connectivity index (χ4v) is 0.934. The van der Waals surface area contributed by atoms with Crippen LogP contribution in [0.15, 0.2) is 24.3 Å². The third kappa shape index (κ3) is 2.78. The van der Waals surface area contributed by atoms with Crippen LogP contribution in [0.1, 0.15) is 5.56 Å². The van der Waals surface area contributed by atoms with E-state index in [1.54, 1.807) is 7.05 Å². The molecular weight excluding hydrogens is 166 g/mol. The minimum Gasteiger partial charge on any atom is -0.484 e. The quantitative estimate of drug-likeness (QED) is 0.755. The van der Waals surface area contributed by atoms with Crippen molar-refractivity contribution in [3.8, 4) is 5.75 Å². The maximum Gasteiger partial charge on any atom is 0.257 e. The predicted molar refractivity (Wildman–Crippen MR) is 50.7 cm³/mol. The highest BCUT2D eigenvalue weighted by molar-refractivity contribution is 5.77. The molecule has 1 rings (SSSR count). The molecule has 0 saturated heterocycles. The lowest BCUT2D eigenvalue weighted by atomic mass is 10.2. The summed E-state index contributed by atoms with van der Waals surface area (Å²) in [5, 5.41) is 2.49. The zero-order valence-corrected chi connectivity index (χ0v) is 7.83. The van der Waals surface area contributed by atoms with E-state index in [0.29, 0.717) is 0 Å². The monoisotopic (exact) mass is 179 g/mol. The first kappa shape index (κ1) is 9.58. The van der Waals surface area contributed by atoms with Gasteiger partial charge in [0.15, 0.2) is 6.61 Å². The number of nitrogens with one attached hydrogen (secondary N) is 1. The Morgan fingerprint density at radius 3 is 2.77 bits per heavy atom. The first-order chi connectivity index (χ1) is 6.24. The fraction of sp³-hybridized carbons (Fsp3) is 0.300. The molecule has 0 saturated carbocycles. The second-order valence-corrected chi connectivity index (χ2v) is 2.73. The molecule has 70 valence electrons. The number of hydrogen-bond acceptors (Lipinski definition) is 2. The SMILES string of the molecule is CNC(=O)COc1ccccc1C. The number of carbonyl (C=O) groups excluding carboxylic acids is 1. The molecule has 3 nitrogen and oxygen atoms in total. The highest BCUT2D eigenvalue weighted by atomic mass is 16.5. The van der Waals surface area contributed by atoms with Crippen molar-refractivity contribution in [2.24, 2.45) is 0 Å². The normalized spacial score (nSPS) is 9.38. The van der Waals surface area contributed by atoms with E-state index in [9.17, 15) is 4.79 Å². The Morgan fingerprint density at radius 1 is 1.46 bits per heavy atom. The second kappa shape index (κ2) is 4.50. The van der Waals surface area contributed by atoms with Crippen LogP contribution in [0.25, 0.3) is 0 Å². The number of para-hydroxylation sites is 1. The lowest BCUT2D eigenvalue weighted by Crippen LogP contribution is -2.24. The minimum absolute atomic E-state index is 0.0708. The van der Waals surface area contributed by atoms with Gasteiger partial charge in [0.25, 0.3) is 5.91 Å².